The molecule has 0 heterocycles. The van der Waals surface area contributed by atoms with Crippen molar-refractivity contribution in [3.8, 4) is 0 Å². The summed E-state index contributed by atoms with van der Waals surface area (Å²) < 4.78 is 5.05. The van der Waals surface area contributed by atoms with Crippen LogP contribution in [0.4, 0.5) is 0 Å². The summed E-state index contributed by atoms with van der Waals surface area (Å²) in [4.78, 5) is 11.5. The Kier molecular flexibility index (Phi) is 3.88. The monoisotopic (exact) mass is 218 g/mol. The van der Waals surface area contributed by atoms with Crippen molar-refractivity contribution < 1.29 is 9.53 Å². The van der Waals surface area contributed by atoms with E-state index in [4.69, 9.17) is 4.74 Å². The zero-order valence-electron chi connectivity index (χ0n) is 10.3. The van der Waals surface area contributed by atoms with Crippen molar-refractivity contribution in [3.63, 3.8) is 0 Å². The molecular weight excluding hydrogens is 200 g/mol. The number of carbonyl (C=O) groups excluding carboxylic acids is 1. The highest BCUT2D eigenvalue weighted by Gasteiger charge is 2.22. The van der Waals surface area contributed by atoms with E-state index < -0.39 is 5.41 Å². The molecule has 1 rings (SSSR count). The summed E-state index contributed by atoms with van der Waals surface area (Å²) in [5, 5.41) is 0. The third kappa shape index (κ3) is 3.54. The first-order chi connectivity index (χ1) is 7.41. The molecular formula is C14H18O2. The van der Waals surface area contributed by atoms with E-state index in [2.05, 4.69) is 0 Å². The predicted octanol–water partition coefficient (Wildman–Crippen LogP) is 3.56. The molecule has 0 radical (unpaired) electrons. The minimum Gasteiger partial charge on any atom is -0.434 e. The normalized spacial score (nSPS) is 11.8. The molecule has 0 N–H and O–H groups in total. The van der Waals surface area contributed by atoms with Crippen LogP contribution in [0, 0.1) is 12.3 Å². The summed E-state index contributed by atoms with van der Waals surface area (Å²) in [6, 6.07) is 7.94. The van der Waals surface area contributed by atoms with Gasteiger partial charge in [0.15, 0.2) is 0 Å². The van der Waals surface area contributed by atoms with E-state index in [0.717, 1.165) is 11.1 Å². The Labute approximate surface area is 96.9 Å². The first-order valence-electron chi connectivity index (χ1n) is 5.34. The summed E-state index contributed by atoms with van der Waals surface area (Å²) in [6.45, 7) is 7.51. The van der Waals surface area contributed by atoms with E-state index in [0.29, 0.717) is 0 Å². The molecule has 1 aromatic carbocycles. The largest absolute Gasteiger partial charge is 0.434 e. The van der Waals surface area contributed by atoms with Crippen molar-refractivity contribution in [2.24, 2.45) is 5.41 Å². The van der Waals surface area contributed by atoms with Gasteiger partial charge in [0.1, 0.15) is 0 Å². The van der Waals surface area contributed by atoms with Crippen LogP contribution < -0.4 is 0 Å². The molecule has 0 amide bonds. The number of hydrogen-bond donors (Lipinski definition) is 0. The SMILES string of the molecule is Cc1ccccc1/C=C/OC(=O)C(C)(C)C. The van der Waals surface area contributed by atoms with Gasteiger partial charge in [-0.2, -0.15) is 0 Å². The van der Waals surface area contributed by atoms with E-state index in [1.165, 1.54) is 6.26 Å². The van der Waals surface area contributed by atoms with Crippen LogP contribution >= 0.6 is 0 Å². The third-order valence-electron chi connectivity index (χ3n) is 2.22. The summed E-state index contributed by atoms with van der Waals surface area (Å²) in [6.07, 6.45) is 3.26. The molecule has 0 spiro atoms. The topological polar surface area (TPSA) is 26.3 Å². The second kappa shape index (κ2) is 4.97. The second-order valence-electron chi connectivity index (χ2n) is 4.81. The average molecular weight is 218 g/mol. The van der Waals surface area contributed by atoms with Crippen molar-refractivity contribution in [2.45, 2.75) is 27.7 Å². The van der Waals surface area contributed by atoms with E-state index in [-0.39, 0.29) is 5.97 Å². The fourth-order valence-electron chi connectivity index (χ4n) is 1.12. The van der Waals surface area contributed by atoms with Crippen molar-refractivity contribution in [3.05, 3.63) is 41.7 Å². The first kappa shape index (κ1) is 12.5. The highest BCUT2D eigenvalue weighted by Crippen LogP contribution is 2.16. The standard InChI is InChI=1S/C14H18O2/c1-11-7-5-6-8-12(11)9-10-16-13(15)14(2,3)4/h5-10H,1-4H3/b10-9+. The summed E-state index contributed by atoms with van der Waals surface area (Å²) in [5.74, 6) is -0.225. The summed E-state index contributed by atoms with van der Waals surface area (Å²) in [5.41, 5.74) is 1.76. The van der Waals surface area contributed by atoms with Crippen LogP contribution in [0.15, 0.2) is 30.5 Å². The third-order valence-corrected chi connectivity index (χ3v) is 2.22. The van der Waals surface area contributed by atoms with Gasteiger partial charge in [-0.25, -0.2) is 0 Å². The minimum absolute atomic E-state index is 0.225. The quantitative estimate of drug-likeness (QED) is 0.560. The van der Waals surface area contributed by atoms with Crippen LogP contribution in [0.3, 0.4) is 0 Å². The molecule has 0 bridgehead atoms. The van der Waals surface area contributed by atoms with Crippen LogP contribution in [-0.2, 0) is 9.53 Å². The lowest BCUT2D eigenvalue weighted by molar-refractivity contribution is -0.146. The Bertz CT molecular complexity index is 397. The summed E-state index contributed by atoms with van der Waals surface area (Å²) in [7, 11) is 0. The van der Waals surface area contributed by atoms with Gasteiger partial charge in [-0.05, 0) is 44.9 Å². The molecule has 2 nitrogen and oxygen atoms in total. The summed E-state index contributed by atoms with van der Waals surface area (Å²) >= 11 is 0. The maximum Gasteiger partial charge on any atom is 0.316 e. The molecule has 0 unspecified atom stereocenters. The minimum atomic E-state index is -0.462. The Morgan fingerprint density at radius 3 is 2.44 bits per heavy atom. The van der Waals surface area contributed by atoms with Gasteiger partial charge in [0, 0.05) is 0 Å². The number of carbonyl (C=O) groups is 1. The Morgan fingerprint density at radius 2 is 1.88 bits per heavy atom. The van der Waals surface area contributed by atoms with Crippen LogP contribution in [0.1, 0.15) is 31.9 Å². The van der Waals surface area contributed by atoms with Gasteiger partial charge in [0.2, 0.25) is 0 Å². The number of benzene rings is 1. The van der Waals surface area contributed by atoms with Crippen LogP contribution in [0.2, 0.25) is 0 Å². The van der Waals surface area contributed by atoms with Gasteiger partial charge in [-0.15, -0.1) is 0 Å². The second-order valence-corrected chi connectivity index (χ2v) is 4.81. The van der Waals surface area contributed by atoms with E-state index in [1.54, 1.807) is 6.08 Å². The van der Waals surface area contributed by atoms with E-state index in [9.17, 15) is 4.79 Å². The van der Waals surface area contributed by atoms with Crippen LogP contribution in [-0.4, -0.2) is 5.97 Å². The highest BCUT2D eigenvalue weighted by atomic mass is 16.5. The number of ether oxygens (including phenoxy) is 1. The molecule has 86 valence electrons. The Balaban J connectivity index is 2.63. The van der Waals surface area contributed by atoms with Crippen molar-refractivity contribution in [1.82, 2.24) is 0 Å². The van der Waals surface area contributed by atoms with Crippen molar-refractivity contribution >= 4 is 12.0 Å². The molecule has 1 aromatic rings. The molecule has 0 saturated heterocycles. The van der Waals surface area contributed by atoms with E-state index in [1.807, 2.05) is 52.0 Å². The van der Waals surface area contributed by atoms with Gasteiger partial charge in [-0.3, -0.25) is 4.79 Å². The van der Waals surface area contributed by atoms with Gasteiger partial charge in [-0.1, -0.05) is 24.3 Å². The molecule has 0 aliphatic carbocycles. The smallest absolute Gasteiger partial charge is 0.316 e. The molecule has 0 aromatic heterocycles. The molecule has 2 heteroatoms. The highest BCUT2D eigenvalue weighted by molar-refractivity contribution is 5.76. The number of rotatable bonds is 2. The molecule has 0 aliphatic rings. The van der Waals surface area contributed by atoms with Crippen LogP contribution in [0.25, 0.3) is 6.08 Å². The predicted molar refractivity (Wildman–Crippen MR) is 65.8 cm³/mol. The zero-order chi connectivity index (χ0) is 12.2. The number of esters is 1. The number of aryl methyl sites for hydroxylation is 1. The van der Waals surface area contributed by atoms with E-state index >= 15 is 0 Å². The lowest BCUT2D eigenvalue weighted by Crippen LogP contribution is -2.20. The van der Waals surface area contributed by atoms with Crippen LogP contribution in [0.5, 0.6) is 0 Å². The molecule has 0 fully saturated rings. The van der Waals surface area contributed by atoms with Gasteiger partial charge in [0.05, 0.1) is 11.7 Å². The van der Waals surface area contributed by atoms with Crippen molar-refractivity contribution in [2.75, 3.05) is 0 Å². The molecule has 0 atom stereocenters. The average Bonchev–Trinajstić information content (AvgIpc) is 2.19. The lowest BCUT2D eigenvalue weighted by atomic mass is 9.97. The Morgan fingerprint density at radius 1 is 1.25 bits per heavy atom. The lowest BCUT2D eigenvalue weighted by Gasteiger charge is -2.13. The van der Waals surface area contributed by atoms with Crippen molar-refractivity contribution in [1.29, 1.82) is 0 Å². The maximum absolute atomic E-state index is 11.5. The number of hydrogen-bond acceptors (Lipinski definition) is 2. The first-order valence-corrected chi connectivity index (χ1v) is 5.34. The maximum atomic E-state index is 11.5. The molecule has 0 saturated carbocycles. The van der Waals surface area contributed by atoms with Gasteiger partial charge in [0.25, 0.3) is 0 Å². The zero-order valence-corrected chi connectivity index (χ0v) is 10.3. The molecule has 16 heavy (non-hydrogen) atoms. The Hall–Kier alpha value is -1.57. The molecule has 0 aliphatic heterocycles. The fourth-order valence-corrected chi connectivity index (χ4v) is 1.12. The van der Waals surface area contributed by atoms with Gasteiger partial charge >= 0.3 is 5.97 Å². The fraction of sp³-hybridized carbons (Fsp3) is 0.357. The van der Waals surface area contributed by atoms with Gasteiger partial charge < -0.3 is 4.74 Å².